The van der Waals surface area contributed by atoms with Crippen LogP contribution in [0.15, 0.2) is 60.8 Å². The first-order valence-corrected chi connectivity index (χ1v) is 8.87. The third-order valence-corrected chi connectivity index (χ3v) is 4.19. The van der Waals surface area contributed by atoms with Crippen molar-refractivity contribution >= 4 is 28.8 Å². The molecule has 0 aliphatic heterocycles. The number of aromatic nitrogens is 1. The summed E-state index contributed by atoms with van der Waals surface area (Å²) in [7, 11) is 3.08. The van der Waals surface area contributed by atoms with Crippen molar-refractivity contribution < 1.29 is 19.1 Å². The van der Waals surface area contributed by atoms with E-state index in [0.29, 0.717) is 28.4 Å². The topological polar surface area (TPSA) is 89.6 Å². The number of amides is 1. The van der Waals surface area contributed by atoms with Crippen molar-refractivity contribution in [2.45, 2.75) is 6.92 Å². The number of anilines is 3. The van der Waals surface area contributed by atoms with Crippen molar-refractivity contribution in [2.75, 3.05) is 24.9 Å². The van der Waals surface area contributed by atoms with E-state index in [1.54, 1.807) is 61.8 Å². The Bertz CT molecular complexity index is 1050. The summed E-state index contributed by atoms with van der Waals surface area (Å²) in [6, 6.07) is 15.6. The van der Waals surface area contributed by atoms with Crippen LogP contribution in [0, 0.1) is 0 Å². The molecular formula is C22H21N3O4. The number of carbonyl (C=O) groups is 2. The Hall–Kier alpha value is -3.87. The number of benzene rings is 2. The fraction of sp³-hybridized carbons (Fsp3) is 0.136. The van der Waals surface area contributed by atoms with E-state index in [0.717, 1.165) is 5.69 Å². The van der Waals surface area contributed by atoms with Gasteiger partial charge in [0.2, 0.25) is 0 Å². The van der Waals surface area contributed by atoms with Gasteiger partial charge in [0.1, 0.15) is 5.69 Å². The van der Waals surface area contributed by atoms with Crippen LogP contribution in [0.4, 0.5) is 17.1 Å². The predicted octanol–water partition coefficient (Wildman–Crippen LogP) is 4.30. The molecule has 0 saturated heterocycles. The molecule has 0 atom stereocenters. The van der Waals surface area contributed by atoms with Gasteiger partial charge in [-0.05, 0) is 43.3 Å². The number of nitrogens with one attached hydrogen (secondary N) is 2. The minimum atomic E-state index is -0.363. The second kappa shape index (κ2) is 8.88. The molecule has 1 heterocycles. The zero-order chi connectivity index (χ0) is 20.8. The molecule has 0 fully saturated rings. The normalized spacial score (nSPS) is 10.2. The Balaban J connectivity index is 1.76. The van der Waals surface area contributed by atoms with Gasteiger partial charge >= 0.3 is 0 Å². The van der Waals surface area contributed by atoms with Crippen LogP contribution in [0.3, 0.4) is 0 Å². The molecule has 2 aromatic carbocycles. The van der Waals surface area contributed by atoms with Crippen molar-refractivity contribution in [3.63, 3.8) is 0 Å². The average Bonchev–Trinajstić information content (AvgIpc) is 2.74. The van der Waals surface area contributed by atoms with Crippen LogP contribution in [0.1, 0.15) is 27.8 Å². The summed E-state index contributed by atoms with van der Waals surface area (Å²) in [4.78, 5) is 28.3. The zero-order valence-electron chi connectivity index (χ0n) is 16.4. The lowest BCUT2D eigenvalue weighted by Crippen LogP contribution is -2.14. The number of Topliss-reactive ketones (excluding diaryl/α,β-unsaturated/α-hetero) is 1. The average molecular weight is 391 g/mol. The molecule has 0 radical (unpaired) electrons. The summed E-state index contributed by atoms with van der Waals surface area (Å²) in [5.74, 6) is 0.707. The molecule has 2 N–H and O–H groups in total. The monoisotopic (exact) mass is 391 g/mol. The maximum absolute atomic E-state index is 12.6. The van der Waals surface area contributed by atoms with Crippen molar-refractivity contribution in [1.29, 1.82) is 0 Å². The van der Waals surface area contributed by atoms with Gasteiger partial charge in [0, 0.05) is 34.9 Å². The lowest BCUT2D eigenvalue weighted by atomic mass is 10.1. The fourth-order valence-electron chi connectivity index (χ4n) is 2.72. The number of ether oxygens (including phenoxy) is 2. The number of ketones is 1. The highest BCUT2D eigenvalue weighted by atomic mass is 16.5. The molecule has 0 bridgehead atoms. The van der Waals surface area contributed by atoms with Crippen LogP contribution in [0.25, 0.3) is 0 Å². The van der Waals surface area contributed by atoms with Crippen LogP contribution in [0.5, 0.6) is 11.5 Å². The van der Waals surface area contributed by atoms with Gasteiger partial charge < -0.3 is 20.1 Å². The molecule has 0 unspecified atom stereocenters. The SMILES string of the molecule is COc1ccc(NC(=O)c2cc(Nc3cccc(C(C)=O)c3)ccn2)cc1OC. The Kier molecular flexibility index (Phi) is 6.09. The van der Waals surface area contributed by atoms with Crippen LogP contribution in [0.2, 0.25) is 0 Å². The van der Waals surface area contributed by atoms with Crippen LogP contribution < -0.4 is 20.1 Å². The quantitative estimate of drug-likeness (QED) is 0.584. The second-order valence-electron chi connectivity index (χ2n) is 6.22. The Labute approximate surface area is 168 Å². The van der Waals surface area contributed by atoms with Gasteiger partial charge in [-0.25, -0.2) is 0 Å². The number of pyridine rings is 1. The van der Waals surface area contributed by atoms with E-state index >= 15 is 0 Å². The number of rotatable bonds is 7. The van der Waals surface area contributed by atoms with E-state index in [2.05, 4.69) is 15.6 Å². The summed E-state index contributed by atoms with van der Waals surface area (Å²) in [6.45, 7) is 1.52. The molecule has 0 aliphatic carbocycles. The first kappa shape index (κ1) is 19.9. The Morgan fingerprint density at radius 2 is 1.62 bits per heavy atom. The van der Waals surface area contributed by atoms with E-state index in [1.807, 2.05) is 6.07 Å². The standard InChI is InChI=1S/C22H21N3O4/c1-14(26)15-5-4-6-16(11-15)24-18-9-10-23-19(12-18)22(27)25-17-7-8-20(28-2)21(13-17)29-3/h4-13H,1-3H3,(H,23,24)(H,25,27). The minimum Gasteiger partial charge on any atom is -0.493 e. The van der Waals surface area contributed by atoms with Crippen LogP contribution >= 0.6 is 0 Å². The van der Waals surface area contributed by atoms with Gasteiger partial charge in [-0.3, -0.25) is 14.6 Å². The van der Waals surface area contributed by atoms with E-state index < -0.39 is 0 Å². The molecular weight excluding hydrogens is 370 g/mol. The predicted molar refractivity (Wildman–Crippen MR) is 111 cm³/mol. The van der Waals surface area contributed by atoms with E-state index in [1.165, 1.54) is 14.0 Å². The molecule has 148 valence electrons. The molecule has 0 aliphatic rings. The lowest BCUT2D eigenvalue weighted by molar-refractivity contribution is 0.101. The molecule has 1 aromatic heterocycles. The van der Waals surface area contributed by atoms with E-state index in [-0.39, 0.29) is 17.4 Å². The number of hydrogen-bond donors (Lipinski definition) is 2. The maximum atomic E-state index is 12.6. The first-order valence-electron chi connectivity index (χ1n) is 8.87. The highest BCUT2D eigenvalue weighted by Crippen LogP contribution is 2.30. The maximum Gasteiger partial charge on any atom is 0.274 e. The number of nitrogens with zero attached hydrogens (tertiary/aromatic N) is 1. The second-order valence-corrected chi connectivity index (χ2v) is 6.22. The summed E-state index contributed by atoms with van der Waals surface area (Å²) in [6.07, 6.45) is 1.54. The van der Waals surface area contributed by atoms with E-state index in [4.69, 9.17) is 9.47 Å². The van der Waals surface area contributed by atoms with Gasteiger partial charge in [0.15, 0.2) is 17.3 Å². The highest BCUT2D eigenvalue weighted by Gasteiger charge is 2.11. The van der Waals surface area contributed by atoms with Gasteiger partial charge in [-0.15, -0.1) is 0 Å². The molecule has 7 nitrogen and oxygen atoms in total. The molecule has 1 amide bonds. The van der Waals surface area contributed by atoms with E-state index in [9.17, 15) is 9.59 Å². The molecule has 29 heavy (non-hydrogen) atoms. The molecule has 3 aromatic rings. The smallest absolute Gasteiger partial charge is 0.274 e. The minimum absolute atomic E-state index is 0.0154. The number of hydrogen-bond acceptors (Lipinski definition) is 6. The summed E-state index contributed by atoms with van der Waals surface area (Å²) in [5, 5.41) is 5.97. The van der Waals surface area contributed by atoms with Crippen molar-refractivity contribution in [3.8, 4) is 11.5 Å². The summed E-state index contributed by atoms with van der Waals surface area (Å²) in [5.41, 5.74) is 2.83. The first-order chi connectivity index (χ1) is 14.0. The molecule has 7 heteroatoms. The summed E-state index contributed by atoms with van der Waals surface area (Å²) < 4.78 is 10.4. The largest absolute Gasteiger partial charge is 0.493 e. The van der Waals surface area contributed by atoms with Crippen LogP contribution in [-0.4, -0.2) is 30.9 Å². The molecule has 0 spiro atoms. The molecule has 3 rings (SSSR count). The van der Waals surface area contributed by atoms with Crippen LogP contribution in [-0.2, 0) is 0 Å². The molecule has 0 saturated carbocycles. The zero-order valence-corrected chi connectivity index (χ0v) is 16.4. The number of methoxy groups -OCH3 is 2. The number of carbonyl (C=O) groups excluding carboxylic acids is 2. The summed E-state index contributed by atoms with van der Waals surface area (Å²) >= 11 is 0. The highest BCUT2D eigenvalue weighted by molar-refractivity contribution is 6.03. The van der Waals surface area contributed by atoms with Gasteiger partial charge in [0.25, 0.3) is 5.91 Å². The van der Waals surface area contributed by atoms with Crippen molar-refractivity contribution in [1.82, 2.24) is 4.98 Å². The van der Waals surface area contributed by atoms with Crippen molar-refractivity contribution in [3.05, 3.63) is 72.1 Å². The van der Waals surface area contributed by atoms with Crippen molar-refractivity contribution in [2.24, 2.45) is 0 Å². The fourth-order valence-corrected chi connectivity index (χ4v) is 2.72. The third-order valence-electron chi connectivity index (χ3n) is 4.19. The van der Waals surface area contributed by atoms with Gasteiger partial charge in [0.05, 0.1) is 14.2 Å². The van der Waals surface area contributed by atoms with Gasteiger partial charge in [-0.2, -0.15) is 0 Å². The van der Waals surface area contributed by atoms with Gasteiger partial charge in [-0.1, -0.05) is 12.1 Å². The Morgan fingerprint density at radius 1 is 0.862 bits per heavy atom. The third kappa shape index (κ3) is 4.90. The lowest BCUT2D eigenvalue weighted by Gasteiger charge is -2.11. The Morgan fingerprint density at radius 3 is 2.34 bits per heavy atom.